The number of ether oxygens (including phenoxy) is 1. The number of nitrogens with zero attached hydrogens (tertiary/aromatic N) is 3. The molecule has 0 amide bonds. The van der Waals surface area contributed by atoms with Crippen molar-refractivity contribution in [1.82, 2.24) is 15.0 Å². The average molecular weight is 387 g/mol. The van der Waals surface area contributed by atoms with E-state index in [9.17, 15) is 0 Å². The fourth-order valence-electron chi connectivity index (χ4n) is 3.05. The van der Waals surface area contributed by atoms with E-state index in [4.69, 9.17) is 9.72 Å². The predicted octanol–water partition coefficient (Wildman–Crippen LogP) is 3.34. The molecule has 1 N–H and O–H groups in total. The zero-order valence-electron chi connectivity index (χ0n) is 13.5. The summed E-state index contributed by atoms with van der Waals surface area (Å²) in [6.07, 6.45) is 6.10. The molecule has 24 heavy (non-hydrogen) atoms. The highest BCUT2D eigenvalue weighted by atomic mass is 79.9. The summed E-state index contributed by atoms with van der Waals surface area (Å²) >= 11 is 3.55. The number of nitrogens with one attached hydrogen (secondary N) is 1. The molecule has 2 aromatic heterocycles. The van der Waals surface area contributed by atoms with E-state index in [0.29, 0.717) is 6.10 Å². The molecule has 1 aromatic carbocycles. The van der Waals surface area contributed by atoms with Gasteiger partial charge in [0.2, 0.25) is 5.95 Å². The molecule has 3 aromatic rings. The van der Waals surface area contributed by atoms with Crippen LogP contribution in [0.5, 0.6) is 0 Å². The van der Waals surface area contributed by atoms with Crippen LogP contribution in [0.3, 0.4) is 0 Å². The average Bonchev–Trinajstić information content (AvgIpc) is 2.95. The van der Waals surface area contributed by atoms with Gasteiger partial charge in [0.25, 0.3) is 0 Å². The number of rotatable bonds is 5. The molecule has 0 bridgehead atoms. The van der Waals surface area contributed by atoms with E-state index in [1.165, 1.54) is 16.5 Å². The first kappa shape index (κ1) is 15.6. The quantitative estimate of drug-likeness (QED) is 0.730. The number of hydrogen-bond donors (Lipinski definition) is 1. The highest BCUT2D eigenvalue weighted by molar-refractivity contribution is 9.10. The van der Waals surface area contributed by atoms with Crippen molar-refractivity contribution in [2.24, 2.45) is 0 Å². The van der Waals surface area contributed by atoms with Gasteiger partial charge in [-0.15, -0.1) is 0 Å². The van der Waals surface area contributed by atoms with Crippen LogP contribution in [0.25, 0.3) is 10.9 Å². The van der Waals surface area contributed by atoms with Crippen molar-refractivity contribution in [3.8, 4) is 0 Å². The molecule has 0 saturated carbocycles. The number of methoxy groups -OCH3 is 1. The molecule has 1 aliphatic rings. The molecule has 4 rings (SSSR count). The number of aromatic amines is 1. The van der Waals surface area contributed by atoms with E-state index in [1.807, 2.05) is 12.3 Å². The van der Waals surface area contributed by atoms with Crippen molar-refractivity contribution < 1.29 is 4.74 Å². The van der Waals surface area contributed by atoms with E-state index in [0.717, 1.165) is 42.0 Å². The lowest BCUT2D eigenvalue weighted by Gasteiger charge is -2.38. The second kappa shape index (κ2) is 6.53. The Labute approximate surface area is 149 Å². The monoisotopic (exact) mass is 386 g/mol. The largest absolute Gasteiger partial charge is 0.378 e. The Morgan fingerprint density at radius 1 is 1.29 bits per heavy atom. The second-order valence-corrected chi connectivity index (χ2v) is 7.03. The van der Waals surface area contributed by atoms with Crippen molar-refractivity contribution in [1.29, 1.82) is 0 Å². The van der Waals surface area contributed by atoms with Gasteiger partial charge in [0, 0.05) is 53.7 Å². The Kier molecular flexibility index (Phi) is 4.24. The lowest BCUT2D eigenvalue weighted by atomic mass is 10.1. The maximum Gasteiger partial charge on any atom is 0.225 e. The summed E-state index contributed by atoms with van der Waals surface area (Å²) in [5.41, 5.74) is 3.56. The van der Waals surface area contributed by atoms with E-state index in [2.05, 4.69) is 55.2 Å². The van der Waals surface area contributed by atoms with Crippen LogP contribution in [0.2, 0.25) is 0 Å². The Hall–Kier alpha value is -1.92. The first-order valence-corrected chi connectivity index (χ1v) is 8.87. The van der Waals surface area contributed by atoms with Crippen molar-refractivity contribution >= 4 is 32.8 Å². The summed E-state index contributed by atoms with van der Waals surface area (Å²) < 4.78 is 6.41. The number of hydrogen-bond acceptors (Lipinski definition) is 4. The molecule has 0 spiro atoms. The maximum atomic E-state index is 5.31. The molecule has 6 heteroatoms. The molecule has 0 atom stereocenters. The molecule has 0 radical (unpaired) electrons. The third-order valence-electron chi connectivity index (χ3n) is 4.54. The molecular formula is C18H19BrN4O. The topological polar surface area (TPSA) is 54.0 Å². The van der Waals surface area contributed by atoms with Gasteiger partial charge in [0.05, 0.1) is 6.10 Å². The van der Waals surface area contributed by atoms with Crippen molar-refractivity contribution in [3.63, 3.8) is 0 Å². The summed E-state index contributed by atoms with van der Waals surface area (Å²) in [5.74, 6) is 0.808. The lowest BCUT2D eigenvalue weighted by Crippen LogP contribution is -2.52. The van der Waals surface area contributed by atoms with E-state index >= 15 is 0 Å². The van der Waals surface area contributed by atoms with E-state index in [1.54, 1.807) is 7.11 Å². The Morgan fingerprint density at radius 3 is 3.00 bits per heavy atom. The van der Waals surface area contributed by atoms with E-state index in [-0.39, 0.29) is 0 Å². The summed E-state index contributed by atoms with van der Waals surface area (Å²) in [6, 6.07) is 8.32. The molecule has 124 valence electrons. The Balaban J connectivity index is 1.46. The normalized spacial score (nSPS) is 15.0. The van der Waals surface area contributed by atoms with Crippen LogP contribution in [0.4, 0.5) is 5.95 Å². The number of halogens is 1. The number of benzene rings is 1. The van der Waals surface area contributed by atoms with Gasteiger partial charge in [0.15, 0.2) is 0 Å². The van der Waals surface area contributed by atoms with Gasteiger partial charge in [-0.25, -0.2) is 9.97 Å². The Bertz CT molecular complexity index is 857. The van der Waals surface area contributed by atoms with Gasteiger partial charge in [-0.05, 0) is 42.7 Å². The van der Waals surface area contributed by atoms with Gasteiger partial charge in [-0.2, -0.15) is 0 Å². The van der Waals surface area contributed by atoms with Crippen LogP contribution in [0, 0.1) is 0 Å². The number of aromatic nitrogens is 3. The minimum absolute atomic E-state index is 0.307. The minimum Gasteiger partial charge on any atom is -0.378 e. The first-order chi connectivity index (χ1) is 11.7. The van der Waals surface area contributed by atoms with Crippen molar-refractivity contribution in [2.75, 3.05) is 25.1 Å². The van der Waals surface area contributed by atoms with Gasteiger partial charge >= 0.3 is 0 Å². The van der Waals surface area contributed by atoms with E-state index < -0.39 is 0 Å². The van der Waals surface area contributed by atoms with Crippen molar-refractivity contribution in [3.05, 3.63) is 52.4 Å². The zero-order chi connectivity index (χ0) is 16.5. The fraction of sp³-hybridized carbons (Fsp3) is 0.333. The third kappa shape index (κ3) is 3.03. The van der Waals surface area contributed by atoms with Crippen LogP contribution in [-0.4, -0.2) is 41.3 Å². The second-order valence-electron chi connectivity index (χ2n) is 6.11. The van der Waals surface area contributed by atoms with Crippen LogP contribution < -0.4 is 4.90 Å². The van der Waals surface area contributed by atoms with Crippen LogP contribution in [-0.2, 0) is 17.6 Å². The summed E-state index contributed by atoms with van der Waals surface area (Å²) in [6.45, 7) is 1.74. The van der Waals surface area contributed by atoms with Gasteiger partial charge in [0.1, 0.15) is 0 Å². The summed E-state index contributed by atoms with van der Waals surface area (Å²) in [4.78, 5) is 14.6. The van der Waals surface area contributed by atoms with Gasteiger partial charge in [-0.1, -0.05) is 15.9 Å². The van der Waals surface area contributed by atoms with Gasteiger partial charge in [-0.3, -0.25) is 0 Å². The fourth-order valence-corrected chi connectivity index (χ4v) is 3.41. The van der Waals surface area contributed by atoms with Crippen LogP contribution in [0.15, 0.2) is 41.1 Å². The molecule has 3 heterocycles. The van der Waals surface area contributed by atoms with Crippen molar-refractivity contribution in [2.45, 2.75) is 18.9 Å². The standard InChI is InChI=1S/C18H19BrN4O/c1-24-15-10-23(11-15)18-20-7-6-14(22-18)4-2-12-9-21-17-5-3-13(19)8-16(12)17/h3,5-9,15,21H,2,4,10-11H2,1H3. The Morgan fingerprint density at radius 2 is 2.17 bits per heavy atom. The number of anilines is 1. The number of aryl methyl sites for hydroxylation is 2. The molecular weight excluding hydrogens is 368 g/mol. The predicted molar refractivity (Wildman–Crippen MR) is 98.4 cm³/mol. The summed E-state index contributed by atoms with van der Waals surface area (Å²) in [5, 5.41) is 1.27. The molecule has 1 saturated heterocycles. The highest BCUT2D eigenvalue weighted by Gasteiger charge is 2.28. The third-order valence-corrected chi connectivity index (χ3v) is 5.04. The SMILES string of the molecule is COC1CN(c2nccc(CCc3c[nH]c4ccc(Br)cc34)n2)C1. The smallest absolute Gasteiger partial charge is 0.225 e. The molecule has 5 nitrogen and oxygen atoms in total. The lowest BCUT2D eigenvalue weighted by molar-refractivity contribution is 0.0778. The molecule has 0 unspecified atom stereocenters. The highest BCUT2D eigenvalue weighted by Crippen LogP contribution is 2.24. The number of fused-ring (bicyclic) bond motifs is 1. The summed E-state index contributed by atoms with van der Waals surface area (Å²) in [7, 11) is 1.75. The van der Waals surface area contributed by atoms with Crippen LogP contribution in [0.1, 0.15) is 11.3 Å². The minimum atomic E-state index is 0.307. The van der Waals surface area contributed by atoms with Crippen LogP contribution >= 0.6 is 15.9 Å². The zero-order valence-corrected chi connectivity index (χ0v) is 15.1. The number of H-pyrrole nitrogens is 1. The molecule has 1 aliphatic heterocycles. The molecule has 0 aliphatic carbocycles. The maximum absolute atomic E-state index is 5.31. The van der Waals surface area contributed by atoms with Gasteiger partial charge < -0.3 is 14.6 Å². The molecule has 1 fully saturated rings. The first-order valence-electron chi connectivity index (χ1n) is 8.08.